The zero-order valence-electron chi connectivity index (χ0n) is 10.1. The molecule has 1 N–H and O–H groups in total. The molecule has 0 amide bonds. The summed E-state index contributed by atoms with van der Waals surface area (Å²) >= 11 is 0. The number of aliphatic hydroxyl groups excluding tert-OH is 1. The maximum Gasteiger partial charge on any atom is 0.0931 e. The Balaban J connectivity index is 2.80. The standard InChI is InChI=1S/C13H20N2O/c1-4-8-15(9-5-2)12-6-7-13(11(3)16)14-10-12/h4,6-7,10-11,16H,1,5,8-9H2,2-3H3. The van der Waals surface area contributed by atoms with Crippen molar-refractivity contribution in [2.75, 3.05) is 18.0 Å². The van der Waals surface area contributed by atoms with Crippen molar-refractivity contribution in [2.45, 2.75) is 26.4 Å². The second-order valence-electron chi connectivity index (χ2n) is 3.85. The minimum Gasteiger partial charge on any atom is -0.387 e. The van der Waals surface area contributed by atoms with Gasteiger partial charge in [-0.15, -0.1) is 6.58 Å². The van der Waals surface area contributed by atoms with E-state index in [0.717, 1.165) is 25.2 Å². The van der Waals surface area contributed by atoms with Gasteiger partial charge in [-0.25, -0.2) is 0 Å². The number of nitrogens with zero attached hydrogens (tertiary/aromatic N) is 2. The Morgan fingerprint density at radius 2 is 2.31 bits per heavy atom. The van der Waals surface area contributed by atoms with E-state index in [4.69, 9.17) is 0 Å². The minimum absolute atomic E-state index is 0.506. The summed E-state index contributed by atoms with van der Waals surface area (Å²) in [6.45, 7) is 9.43. The van der Waals surface area contributed by atoms with Crippen LogP contribution in [0.1, 0.15) is 32.1 Å². The maximum atomic E-state index is 9.37. The molecule has 3 nitrogen and oxygen atoms in total. The minimum atomic E-state index is -0.506. The Morgan fingerprint density at radius 1 is 1.56 bits per heavy atom. The van der Waals surface area contributed by atoms with Crippen LogP contribution in [0.4, 0.5) is 5.69 Å². The van der Waals surface area contributed by atoms with Crippen molar-refractivity contribution >= 4 is 5.69 Å². The molecule has 1 aromatic rings. The first kappa shape index (κ1) is 12.7. The van der Waals surface area contributed by atoms with Gasteiger partial charge in [0.05, 0.1) is 23.7 Å². The number of aromatic nitrogens is 1. The average Bonchev–Trinajstić information content (AvgIpc) is 2.29. The summed E-state index contributed by atoms with van der Waals surface area (Å²) in [5, 5.41) is 9.37. The molecular formula is C13H20N2O. The SMILES string of the molecule is C=CCN(CCC)c1ccc(C(C)O)nc1. The van der Waals surface area contributed by atoms with Gasteiger partial charge in [0.2, 0.25) is 0 Å². The Bertz CT molecular complexity index is 319. The average molecular weight is 220 g/mol. The zero-order chi connectivity index (χ0) is 12.0. The van der Waals surface area contributed by atoms with Gasteiger partial charge in [-0.2, -0.15) is 0 Å². The summed E-state index contributed by atoms with van der Waals surface area (Å²) in [4.78, 5) is 6.45. The Kier molecular flexibility index (Phi) is 4.99. The summed E-state index contributed by atoms with van der Waals surface area (Å²) in [7, 11) is 0. The first-order valence-electron chi connectivity index (χ1n) is 5.69. The smallest absolute Gasteiger partial charge is 0.0931 e. The first-order valence-corrected chi connectivity index (χ1v) is 5.69. The summed E-state index contributed by atoms with van der Waals surface area (Å²) < 4.78 is 0. The number of hydrogen-bond acceptors (Lipinski definition) is 3. The van der Waals surface area contributed by atoms with Crippen molar-refractivity contribution in [1.29, 1.82) is 0 Å². The van der Waals surface area contributed by atoms with E-state index >= 15 is 0 Å². The van der Waals surface area contributed by atoms with E-state index in [2.05, 4.69) is 23.4 Å². The lowest BCUT2D eigenvalue weighted by Crippen LogP contribution is -2.24. The molecule has 0 aromatic carbocycles. The molecular weight excluding hydrogens is 200 g/mol. The van der Waals surface area contributed by atoms with E-state index in [1.165, 1.54) is 0 Å². The normalized spacial score (nSPS) is 12.2. The number of pyridine rings is 1. The largest absolute Gasteiger partial charge is 0.387 e. The summed E-state index contributed by atoms with van der Waals surface area (Å²) in [5.41, 5.74) is 1.78. The lowest BCUT2D eigenvalue weighted by Gasteiger charge is -2.22. The molecule has 3 heteroatoms. The van der Waals surface area contributed by atoms with Gasteiger partial charge in [0, 0.05) is 13.1 Å². The van der Waals surface area contributed by atoms with Crippen LogP contribution in [0.3, 0.4) is 0 Å². The highest BCUT2D eigenvalue weighted by Crippen LogP contribution is 2.16. The maximum absolute atomic E-state index is 9.37. The van der Waals surface area contributed by atoms with Crippen LogP contribution in [0.2, 0.25) is 0 Å². The fourth-order valence-electron chi connectivity index (χ4n) is 1.58. The van der Waals surface area contributed by atoms with Crippen molar-refractivity contribution < 1.29 is 5.11 Å². The number of rotatable bonds is 6. The second kappa shape index (κ2) is 6.28. The number of anilines is 1. The van der Waals surface area contributed by atoms with Crippen LogP contribution in [0.5, 0.6) is 0 Å². The van der Waals surface area contributed by atoms with E-state index in [0.29, 0.717) is 5.69 Å². The van der Waals surface area contributed by atoms with Crippen LogP contribution < -0.4 is 4.90 Å². The van der Waals surface area contributed by atoms with Crippen molar-refractivity contribution in [1.82, 2.24) is 4.98 Å². The highest BCUT2D eigenvalue weighted by atomic mass is 16.3. The van der Waals surface area contributed by atoms with Crippen LogP contribution in [-0.4, -0.2) is 23.2 Å². The first-order chi connectivity index (χ1) is 7.69. The summed E-state index contributed by atoms with van der Waals surface area (Å²) in [6.07, 6.45) is 4.28. The molecule has 1 unspecified atom stereocenters. The zero-order valence-corrected chi connectivity index (χ0v) is 10.1. The molecule has 0 spiro atoms. The molecule has 1 rings (SSSR count). The van der Waals surface area contributed by atoms with Crippen molar-refractivity contribution in [3.05, 3.63) is 36.7 Å². The van der Waals surface area contributed by atoms with E-state index in [9.17, 15) is 5.11 Å². The van der Waals surface area contributed by atoms with E-state index in [-0.39, 0.29) is 0 Å². The molecule has 1 heterocycles. The third-order valence-corrected chi connectivity index (χ3v) is 2.41. The topological polar surface area (TPSA) is 36.4 Å². The summed E-state index contributed by atoms with van der Waals surface area (Å²) in [6, 6.07) is 3.86. The van der Waals surface area contributed by atoms with E-state index < -0.39 is 6.10 Å². The van der Waals surface area contributed by atoms with Gasteiger partial charge in [0.25, 0.3) is 0 Å². The molecule has 0 bridgehead atoms. The number of hydrogen-bond donors (Lipinski definition) is 1. The van der Waals surface area contributed by atoms with E-state index in [1.807, 2.05) is 18.2 Å². The number of aliphatic hydroxyl groups is 1. The van der Waals surface area contributed by atoms with Crippen LogP contribution in [-0.2, 0) is 0 Å². The monoisotopic (exact) mass is 220 g/mol. The highest BCUT2D eigenvalue weighted by molar-refractivity contribution is 5.45. The van der Waals surface area contributed by atoms with E-state index in [1.54, 1.807) is 13.1 Å². The van der Waals surface area contributed by atoms with Gasteiger partial charge in [0.1, 0.15) is 0 Å². The van der Waals surface area contributed by atoms with Crippen molar-refractivity contribution in [3.8, 4) is 0 Å². The highest BCUT2D eigenvalue weighted by Gasteiger charge is 2.06. The van der Waals surface area contributed by atoms with Crippen LogP contribution in [0.15, 0.2) is 31.0 Å². The summed E-state index contributed by atoms with van der Waals surface area (Å²) in [5.74, 6) is 0. The molecule has 88 valence electrons. The van der Waals surface area contributed by atoms with Crippen LogP contribution >= 0.6 is 0 Å². The van der Waals surface area contributed by atoms with Crippen LogP contribution in [0.25, 0.3) is 0 Å². The molecule has 0 radical (unpaired) electrons. The van der Waals surface area contributed by atoms with Gasteiger partial charge in [-0.1, -0.05) is 13.0 Å². The van der Waals surface area contributed by atoms with Gasteiger partial charge < -0.3 is 10.0 Å². The molecule has 0 aliphatic carbocycles. The Labute approximate surface area is 97.4 Å². The Hall–Kier alpha value is -1.35. The third kappa shape index (κ3) is 3.35. The van der Waals surface area contributed by atoms with Gasteiger partial charge in [-0.05, 0) is 25.5 Å². The lowest BCUT2D eigenvalue weighted by atomic mass is 10.2. The Morgan fingerprint density at radius 3 is 2.75 bits per heavy atom. The van der Waals surface area contributed by atoms with Gasteiger partial charge >= 0.3 is 0 Å². The van der Waals surface area contributed by atoms with Gasteiger partial charge in [-0.3, -0.25) is 4.98 Å². The van der Waals surface area contributed by atoms with Gasteiger partial charge in [0.15, 0.2) is 0 Å². The fraction of sp³-hybridized carbons (Fsp3) is 0.462. The molecule has 0 saturated carbocycles. The second-order valence-corrected chi connectivity index (χ2v) is 3.85. The molecule has 0 aliphatic rings. The molecule has 1 aromatic heterocycles. The predicted octanol–water partition coefficient (Wildman–Crippen LogP) is 2.54. The lowest BCUT2D eigenvalue weighted by molar-refractivity contribution is 0.194. The third-order valence-electron chi connectivity index (χ3n) is 2.41. The quantitative estimate of drug-likeness (QED) is 0.748. The van der Waals surface area contributed by atoms with Crippen molar-refractivity contribution in [3.63, 3.8) is 0 Å². The predicted molar refractivity (Wildman–Crippen MR) is 67.6 cm³/mol. The van der Waals surface area contributed by atoms with Crippen LogP contribution in [0, 0.1) is 0 Å². The fourth-order valence-corrected chi connectivity index (χ4v) is 1.58. The molecule has 16 heavy (non-hydrogen) atoms. The molecule has 0 fully saturated rings. The molecule has 0 aliphatic heterocycles. The molecule has 0 saturated heterocycles. The van der Waals surface area contributed by atoms with Crippen molar-refractivity contribution in [2.24, 2.45) is 0 Å². The molecule has 1 atom stereocenters.